The molecule has 1 saturated heterocycles. The molecule has 2 N–H and O–H groups in total. The third-order valence-electron chi connectivity index (χ3n) is 5.45. The number of pyridine rings is 1. The molecule has 0 radical (unpaired) electrons. The first-order valence-electron chi connectivity index (χ1n) is 9.74. The molecule has 1 aromatic carbocycles. The van der Waals surface area contributed by atoms with Gasteiger partial charge in [0.15, 0.2) is 0 Å². The lowest BCUT2D eigenvalue weighted by molar-refractivity contribution is 0.0697. The predicted octanol–water partition coefficient (Wildman–Crippen LogP) is 4.09. The summed E-state index contributed by atoms with van der Waals surface area (Å²) in [6.07, 6.45) is 8.60. The minimum absolute atomic E-state index is 0.0923. The summed E-state index contributed by atoms with van der Waals surface area (Å²) in [6.45, 7) is 4.74. The van der Waals surface area contributed by atoms with E-state index in [4.69, 9.17) is 0 Å². The van der Waals surface area contributed by atoms with E-state index in [1.54, 1.807) is 12.4 Å². The summed E-state index contributed by atoms with van der Waals surface area (Å²) in [5.41, 5.74) is 4.02. The van der Waals surface area contributed by atoms with E-state index < -0.39 is 0 Å². The second kappa shape index (κ2) is 7.82. The number of nitrogens with zero attached hydrogens (tertiary/aromatic N) is 2. The first-order chi connectivity index (χ1) is 13.2. The molecular formula is C22H26N4O. The van der Waals surface area contributed by atoms with Crippen LogP contribution >= 0.6 is 0 Å². The Hall–Kier alpha value is -2.82. The maximum absolute atomic E-state index is 12.7. The van der Waals surface area contributed by atoms with Crippen LogP contribution in [0.3, 0.4) is 0 Å². The van der Waals surface area contributed by atoms with Crippen LogP contribution in [-0.2, 0) is 6.42 Å². The van der Waals surface area contributed by atoms with Gasteiger partial charge in [0, 0.05) is 49.1 Å². The average Bonchev–Trinajstić information content (AvgIpc) is 3.12. The second-order valence-corrected chi connectivity index (χ2v) is 7.47. The SMILES string of the molecule is CC1CCN(C(=O)c2cncc(NCCc3c[nH]c4ccccc34)c2)CC1. The van der Waals surface area contributed by atoms with Gasteiger partial charge in [-0.25, -0.2) is 0 Å². The Labute approximate surface area is 159 Å². The minimum Gasteiger partial charge on any atom is -0.383 e. The summed E-state index contributed by atoms with van der Waals surface area (Å²) >= 11 is 0. The number of hydrogen-bond donors (Lipinski definition) is 2. The van der Waals surface area contributed by atoms with E-state index in [2.05, 4.69) is 46.6 Å². The lowest BCUT2D eigenvalue weighted by atomic mass is 9.99. The molecule has 2 aromatic heterocycles. The highest BCUT2D eigenvalue weighted by Crippen LogP contribution is 2.20. The molecule has 1 aliphatic heterocycles. The molecule has 3 heterocycles. The molecule has 0 aliphatic carbocycles. The number of carbonyl (C=O) groups excluding carboxylic acids is 1. The molecule has 140 valence electrons. The van der Waals surface area contributed by atoms with Gasteiger partial charge in [-0.2, -0.15) is 0 Å². The molecule has 1 aliphatic rings. The summed E-state index contributed by atoms with van der Waals surface area (Å²) in [5.74, 6) is 0.805. The van der Waals surface area contributed by atoms with Crippen molar-refractivity contribution in [2.75, 3.05) is 25.0 Å². The van der Waals surface area contributed by atoms with E-state index in [1.807, 2.05) is 17.0 Å². The van der Waals surface area contributed by atoms with Crippen LogP contribution in [-0.4, -0.2) is 40.4 Å². The van der Waals surface area contributed by atoms with Gasteiger partial charge in [0.25, 0.3) is 5.91 Å². The number of hydrogen-bond acceptors (Lipinski definition) is 3. The zero-order chi connectivity index (χ0) is 18.6. The van der Waals surface area contributed by atoms with Crippen molar-refractivity contribution in [3.8, 4) is 0 Å². The van der Waals surface area contributed by atoms with E-state index >= 15 is 0 Å². The summed E-state index contributed by atoms with van der Waals surface area (Å²) in [6, 6.07) is 10.3. The maximum Gasteiger partial charge on any atom is 0.255 e. The average molecular weight is 362 g/mol. The first kappa shape index (κ1) is 17.6. The maximum atomic E-state index is 12.7. The van der Waals surface area contributed by atoms with Crippen molar-refractivity contribution in [2.24, 2.45) is 5.92 Å². The normalized spacial score (nSPS) is 15.2. The first-order valence-corrected chi connectivity index (χ1v) is 9.74. The van der Waals surface area contributed by atoms with Crippen LogP contribution in [0.2, 0.25) is 0 Å². The van der Waals surface area contributed by atoms with Gasteiger partial charge >= 0.3 is 0 Å². The molecule has 0 spiro atoms. The molecule has 1 amide bonds. The van der Waals surface area contributed by atoms with Crippen LogP contribution in [0.15, 0.2) is 48.9 Å². The van der Waals surface area contributed by atoms with Gasteiger partial charge in [-0.15, -0.1) is 0 Å². The van der Waals surface area contributed by atoms with Crippen LogP contribution < -0.4 is 5.32 Å². The molecule has 0 unspecified atom stereocenters. The van der Waals surface area contributed by atoms with Gasteiger partial charge in [-0.05, 0) is 42.9 Å². The van der Waals surface area contributed by atoms with Crippen molar-refractivity contribution in [3.05, 3.63) is 60.0 Å². The van der Waals surface area contributed by atoms with Crippen LogP contribution in [0.4, 0.5) is 5.69 Å². The zero-order valence-electron chi connectivity index (χ0n) is 15.7. The number of nitrogens with one attached hydrogen (secondary N) is 2. The topological polar surface area (TPSA) is 61.0 Å². The quantitative estimate of drug-likeness (QED) is 0.719. The number of amides is 1. The third-order valence-corrected chi connectivity index (χ3v) is 5.45. The highest BCUT2D eigenvalue weighted by molar-refractivity contribution is 5.94. The predicted molar refractivity (Wildman–Crippen MR) is 109 cm³/mol. The number of carbonyl (C=O) groups is 1. The number of H-pyrrole nitrogens is 1. The van der Waals surface area contributed by atoms with E-state index in [1.165, 1.54) is 10.9 Å². The number of para-hydroxylation sites is 1. The van der Waals surface area contributed by atoms with Gasteiger partial charge in [-0.3, -0.25) is 9.78 Å². The molecule has 4 rings (SSSR count). The standard InChI is InChI=1S/C22H26N4O/c1-16-7-10-26(11-8-16)22(27)18-12-19(15-23-13-18)24-9-6-17-14-25-21-5-3-2-4-20(17)21/h2-5,12-16,24-25H,6-11H2,1H3. The monoisotopic (exact) mass is 362 g/mol. The number of rotatable bonds is 5. The number of benzene rings is 1. The van der Waals surface area contributed by atoms with Crippen molar-refractivity contribution in [1.29, 1.82) is 0 Å². The van der Waals surface area contributed by atoms with Gasteiger partial charge < -0.3 is 15.2 Å². The van der Waals surface area contributed by atoms with Gasteiger partial charge in [0.05, 0.1) is 11.3 Å². The molecule has 0 saturated carbocycles. The number of anilines is 1. The smallest absolute Gasteiger partial charge is 0.255 e. The molecule has 5 nitrogen and oxygen atoms in total. The molecule has 5 heteroatoms. The van der Waals surface area contributed by atoms with Crippen molar-refractivity contribution >= 4 is 22.5 Å². The highest BCUT2D eigenvalue weighted by atomic mass is 16.2. The minimum atomic E-state index is 0.0923. The molecular weight excluding hydrogens is 336 g/mol. The Morgan fingerprint density at radius 2 is 2.07 bits per heavy atom. The number of piperidine rings is 1. The zero-order valence-corrected chi connectivity index (χ0v) is 15.7. The highest BCUT2D eigenvalue weighted by Gasteiger charge is 2.21. The fourth-order valence-electron chi connectivity index (χ4n) is 3.73. The van der Waals surface area contributed by atoms with Crippen molar-refractivity contribution in [3.63, 3.8) is 0 Å². The Kier molecular flexibility index (Phi) is 5.10. The summed E-state index contributed by atoms with van der Waals surface area (Å²) < 4.78 is 0. The van der Waals surface area contributed by atoms with E-state index in [0.29, 0.717) is 11.5 Å². The molecule has 3 aromatic rings. The Morgan fingerprint density at radius 3 is 2.93 bits per heavy atom. The molecule has 0 atom stereocenters. The van der Waals surface area contributed by atoms with Gasteiger partial charge in [0.1, 0.15) is 0 Å². The van der Waals surface area contributed by atoms with Crippen LogP contribution in [0.1, 0.15) is 35.7 Å². The lowest BCUT2D eigenvalue weighted by Gasteiger charge is -2.30. The molecule has 27 heavy (non-hydrogen) atoms. The summed E-state index contributed by atoms with van der Waals surface area (Å²) in [7, 11) is 0. The number of aromatic nitrogens is 2. The van der Waals surface area contributed by atoms with Crippen molar-refractivity contribution < 1.29 is 4.79 Å². The van der Waals surface area contributed by atoms with Crippen LogP contribution in [0, 0.1) is 5.92 Å². The van der Waals surface area contributed by atoms with E-state index in [0.717, 1.165) is 50.1 Å². The van der Waals surface area contributed by atoms with Crippen molar-refractivity contribution in [2.45, 2.75) is 26.2 Å². The van der Waals surface area contributed by atoms with E-state index in [9.17, 15) is 4.79 Å². The van der Waals surface area contributed by atoms with Crippen molar-refractivity contribution in [1.82, 2.24) is 14.9 Å². The molecule has 1 fully saturated rings. The van der Waals surface area contributed by atoms with E-state index in [-0.39, 0.29) is 5.91 Å². The van der Waals surface area contributed by atoms with Crippen LogP contribution in [0.5, 0.6) is 0 Å². The molecule has 0 bridgehead atoms. The largest absolute Gasteiger partial charge is 0.383 e. The summed E-state index contributed by atoms with van der Waals surface area (Å²) in [5, 5.41) is 4.67. The summed E-state index contributed by atoms with van der Waals surface area (Å²) in [4.78, 5) is 22.2. The third kappa shape index (κ3) is 3.97. The van der Waals surface area contributed by atoms with Gasteiger partial charge in [-0.1, -0.05) is 25.1 Å². The fourth-order valence-corrected chi connectivity index (χ4v) is 3.73. The number of likely N-dealkylation sites (tertiary alicyclic amines) is 1. The Morgan fingerprint density at radius 1 is 1.26 bits per heavy atom. The number of fused-ring (bicyclic) bond motifs is 1. The Balaban J connectivity index is 1.37. The van der Waals surface area contributed by atoms with Crippen LogP contribution in [0.25, 0.3) is 10.9 Å². The second-order valence-electron chi connectivity index (χ2n) is 7.47. The lowest BCUT2D eigenvalue weighted by Crippen LogP contribution is -2.37. The van der Waals surface area contributed by atoms with Gasteiger partial charge in [0.2, 0.25) is 0 Å². The Bertz CT molecular complexity index is 925. The fraction of sp³-hybridized carbons (Fsp3) is 0.364. The number of aromatic amines is 1.